The van der Waals surface area contributed by atoms with Gasteiger partial charge in [-0.15, -0.1) is 19.2 Å². The highest BCUT2D eigenvalue weighted by molar-refractivity contribution is 7.80. The van der Waals surface area contributed by atoms with Gasteiger partial charge in [0.25, 0.3) is 0 Å². The van der Waals surface area contributed by atoms with Gasteiger partial charge in [-0.2, -0.15) is 0 Å². The first-order valence-electron chi connectivity index (χ1n) is 10.2. The van der Waals surface area contributed by atoms with Crippen molar-refractivity contribution in [3.8, 4) is 0 Å². The first-order chi connectivity index (χ1) is 13.1. The lowest BCUT2D eigenvalue weighted by molar-refractivity contribution is 0.873. The fraction of sp³-hybridized carbons (Fsp3) is 0.440. The molecule has 0 atom stereocenters. The van der Waals surface area contributed by atoms with Gasteiger partial charge in [0.2, 0.25) is 0 Å². The third-order valence-corrected chi connectivity index (χ3v) is 4.60. The van der Waals surface area contributed by atoms with Crippen molar-refractivity contribution in [2.75, 3.05) is 12.4 Å². The van der Waals surface area contributed by atoms with Gasteiger partial charge in [0, 0.05) is 17.6 Å². The van der Waals surface area contributed by atoms with Gasteiger partial charge in [-0.1, -0.05) is 58.4 Å². The van der Waals surface area contributed by atoms with E-state index >= 15 is 0 Å². The molecule has 2 aromatic carbocycles. The number of thiol groups is 1. The smallest absolute Gasteiger partial charge is 0.0373 e. The molecule has 0 heterocycles. The molecule has 0 saturated carbocycles. The average molecular weight is 386 g/mol. The summed E-state index contributed by atoms with van der Waals surface area (Å²) in [4.78, 5) is 1.04. The van der Waals surface area contributed by atoms with E-state index in [2.05, 4.69) is 81.7 Å². The van der Waals surface area contributed by atoms with Gasteiger partial charge in [-0.25, -0.2) is 0 Å². The highest BCUT2D eigenvalue weighted by Crippen LogP contribution is 2.24. The largest absolute Gasteiger partial charge is 0.388 e. The first-order valence-corrected chi connectivity index (χ1v) is 10.7. The Labute approximate surface area is 173 Å². The molecule has 0 bridgehead atoms. The van der Waals surface area contributed by atoms with Crippen LogP contribution in [0.1, 0.15) is 62.8 Å². The third kappa shape index (κ3) is 9.19. The van der Waals surface area contributed by atoms with Crippen LogP contribution in [0.3, 0.4) is 0 Å². The van der Waals surface area contributed by atoms with E-state index in [0.717, 1.165) is 30.6 Å². The van der Waals surface area contributed by atoms with Crippen molar-refractivity contribution in [3.63, 3.8) is 0 Å². The zero-order valence-corrected chi connectivity index (χ0v) is 19.1. The van der Waals surface area contributed by atoms with Crippen molar-refractivity contribution >= 4 is 18.3 Å². The summed E-state index contributed by atoms with van der Waals surface area (Å²) in [7, 11) is 2.01. The summed E-state index contributed by atoms with van der Waals surface area (Å²) in [6.45, 7) is 14.0. The van der Waals surface area contributed by atoms with E-state index in [-0.39, 0.29) is 0 Å². The number of benzene rings is 2. The van der Waals surface area contributed by atoms with E-state index in [4.69, 9.17) is 0 Å². The average Bonchev–Trinajstić information content (AvgIpc) is 2.70. The first kappa shape index (κ1) is 25.3. The summed E-state index contributed by atoms with van der Waals surface area (Å²) in [5.41, 5.74) is 6.97. The number of allylic oxidation sites excluding steroid dienone is 1. The lowest BCUT2D eigenvalue weighted by Crippen LogP contribution is -2.03. The van der Waals surface area contributed by atoms with Gasteiger partial charge in [0.05, 0.1) is 0 Å². The van der Waals surface area contributed by atoms with Crippen LogP contribution in [0.2, 0.25) is 0 Å². The fourth-order valence-electron chi connectivity index (χ4n) is 2.89. The molecule has 0 aliphatic rings. The predicted molar refractivity (Wildman–Crippen MR) is 128 cm³/mol. The Kier molecular flexibility index (Phi) is 14.4. The van der Waals surface area contributed by atoms with Crippen LogP contribution in [-0.2, 0) is 19.3 Å². The molecule has 0 aliphatic carbocycles. The third-order valence-electron chi connectivity index (χ3n) is 4.32. The SMILES string of the molecule is C=CCC.CC.CCCc1cccc(NC)c1CCc1ccc(S)cc1C. The van der Waals surface area contributed by atoms with Gasteiger partial charge in [0.15, 0.2) is 0 Å². The molecule has 0 unspecified atom stereocenters. The molecule has 0 aliphatic heterocycles. The lowest BCUT2D eigenvalue weighted by atomic mass is 9.94. The van der Waals surface area contributed by atoms with Gasteiger partial charge >= 0.3 is 0 Å². The van der Waals surface area contributed by atoms with Crippen LogP contribution in [0.4, 0.5) is 5.69 Å². The fourth-order valence-corrected chi connectivity index (χ4v) is 3.16. The summed E-state index contributed by atoms with van der Waals surface area (Å²) in [6.07, 6.45) is 7.46. The molecule has 2 rings (SSSR count). The van der Waals surface area contributed by atoms with E-state index in [1.807, 2.05) is 27.0 Å². The Bertz CT molecular complexity index is 661. The molecular weight excluding hydrogens is 346 g/mol. The Balaban J connectivity index is 0.000000998. The Morgan fingerprint density at radius 3 is 2.19 bits per heavy atom. The van der Waals surface area contributed by atoms with Crippen LogP contribution in [0, 0.1) is 6.92 Å². The van der Waals surface area contributed by atoms with Gasteiger partial charge in [-0.3, -0.25) is 0 Å². The van der Waals surface area contributed by atoms with Crippen molar-refractivity contribution in [2.24, 2.45) is 0 Å². The van der Waals surface area contributed by atoms with E-state index < -0.39 is 0 Å². The maximum Gasteiger partial charge on any atom is 0.0373 e. The van der Waals surface area contributed by atoms with Gasteiger partial charge in [0.1, 0.15) is 0 Å². The molecule has 0 saturated heterocycles. The van der Waals surface area contributed by atoms with Crippen molar-refractivity contribution in [1.29, 1.82) is 0 Å². The van der Waals surface area contributed by atoms with Crippen LogP contribution < -0.4 is 5.32 Å². The standard InChI is InChI=1S/C19H25NS.C4H8.C2H6/c1-4-6-16-7-5-8-19(20-3)18(16)12-10-15-9-11-17(21)13-14(15)2;1-3-4-2;1-2/h5,7-9,11,13,20-21H,4,6,10,12H2,1-3H3;3H,1,4H2,2H3;1-2H3. The van der Waals surface area contributed by atoms with E-state index in [9.17, 15) is 0 Å². The molecule has 27 heavy (non-hydrogen) atoms. The molecule has 2 aromatic rings. The summed E-state index contributed by atoms with van der Waals surface area (Å²) in [5, 5.41) is 3.34. The molecule has 1 nitrogen and oxygen atoms in total. The zero-order chi connectivity index (χ0) is 20.7. The van der Waals surface area contributed by atoms with E-state index in [1.54, 1.807) is 0 Å². The minimum absolute atomic E-state index is 1.04. The number of rotatable bonds is 7. The highest BCUT2D eigenvalue weighted by Gasteiger charge is 2.08. The lowest BCUT2D eigenvalue weighted by Gasteiger charge is -2.15. The second-order valence-corrected chi connectivity index (χ2v) is 6.77. The molecular formula is C25H39NS. The van der Waals surface area contributed by atoms with Crippen molar-refractivity contribution in [3.05, 3.63) is 71.3 Å². The van der Waals surface area contributed by atoms with Crippen LogP contribution >= 0.6 is 12.6 Å². The Morgan fingerprint density at radius 1 is 1.00 bits per heavy atom. The molecule has 0 amide bonds. The summed E-state index contributed by atoms with van der Waals surface area (Å²) in [6, 6.07) is 13.0. The Morgan fingerprint density at radius 2 is 1.67 bits per heavy atom. The van der Waals surface area contributed by atoms with Crippen LogP contribution in [0.25, 0.3) is 0 Å². The number of hydrogen-bond acceptors (Lipinski definition) is 2. The molecule has 0 spiro atoms. The molecule has 150 valence electrons. The molecule has 0 aromatic heterocycles. The zero-order valence-electron chi connectivity index (χ0n) is 18.2. The number of hydrogen-bond donors (Lipinski definition) is 2. The monoisotopic (exact) mass is 385 g/mol. The molecule has 1 N–H and O–H groups in total. The van der Waals surface area contributed by atoms with Crippen LogP contribution in [-0.4, -0.2) is 7.05 Å². The van der Waals surface area contributed by atoms with Gasteiger partial charge < -0.3 is 5.32 Å². The molecule has 0 radical (unpaired) electrons. The minimum atomic E-state index is 1.04. The van der Waals surface area contributed by atoms with Crippen molar-refractivity contribution < 1.29 is 0 Å². The maximum absolute atomic E-state index is 4.40. The number of anilines is 1. The molecule has 0 fully saturated rings. The second kappa shape index (κ2) is 15.4. The van der Waals surface area contributed by atoms with Gasteiger partial charge in [-0.05, 0) is 73.1 Å². The number of aryl methyl sites for hydroxylation is 3. The van der Waals surface area contributed by atoms with E-state index in [0.29, 0.717) is 0 Å². The highest BCUT2D eigenvalue weighted by atomic mass is 32.1. The van der Waals surface area contributed by atoms with Crippen molar-refractivity contribution in [2.45, 2.75) is 71.6 Å². The van der Waals surface area contributed by atoms with E-state index in [1.165, 1.54) is 34.4 Å². The molecule has 2 heteroatoms. The minimum Gasteiger partial charge on any atom is -0.388 e. The number of nitrogens with one attached hydrogen (secondary N) is 1. The topological polar surface area (TPSA) is 12.0 Å². The Hall–Kier alpha value is -1.67. The quantitative estimate of drug-likeness (QED) is 0.368. The van der Waals surface area contributed by atoms with Crippen molar-refractivity contribution in [1.82, 2.24) is 0 Å². The summed E-state index contributed by atoms with van der Waals surface area (Å²) < 4.78 is 0. The van der Waals surface area contributed by atoms with Crippen LogP contribution in [0.5, 0.6) is 0 Å². The normalized spacial score (nSPS) is 9.44. The second-order valence-electron chi connectivity index (χ2n) is 6.25. The maximum atomic E-state index is 4.40. The summed E-state index contributed by atoms with van der Waals surface area (Å²) in [5.74, 6) is 0. The predicted octanol–water partition coefficient (Wildman–Crippen LogP) is 7.67. The summed E-state index contributed by atoms with van der Waals surface area (Å²) >= 11 is 4.40. The van der Waals surface area contributed by atoms with Crippen LogP contribution in [0.15, 0.2) is 53.9 Å².